The van der Waals surface area contributed by atoms with Crippen LogP contribution < -0.4 is 16.0 Å². The second-order valence-corrected chi connectivity index (χ2v) is 6.48. The zero-order valence-corrected chi connectivity index (χ0v) is 15.0. The van der Waals surface area contributed by atoms with Crippen LogP contribution in [-0.2, 0) is 4.79 Å². The Morgan fingerprint density at radius 2 is 1.56 bits per heavy atom. The van der Waals surface area contributed by atoms with E-state index in [4.69, 9.17) is 11.6 Å². The molecule has 0 fully saturated rings. The zero-order valence-electron chi connectivity index (χ0n) is 13.4. The highest BCUT2D eigenvalue weighted by Gasteiger charge is 2.08. The number of thiophene rings is 1. The maximum Gasteiger partial charge on any atom is 0.261 e. The number of benzene rings is 1. The second kappa shape index (κ2) is 9.80. The Kier molecular flexibility index (Phi) is 7.43. The van der Waals surface area contributed by atoms with Gasteiger partial charge in [-0.1, -0.05) is 17.7 Å². The van der Waals surface area contributed by atoms with Crippen LogP contribution in [0.5, 0.6) is 0 Å². The van der Waals surface area contributed by atoms with Gasteiger partial charge >= 0.3 is 0 Å². The van der Waals surface area contributed by atoms with Crippen molar-refractivity contribution in [1.29, 1.82) is 0 Å². The Morgan fingerprint density at radius 3 is 2.24 bits per heavy atom. The number of hydrogen-bond acceptors (Lipinski definition) is 4. The van der Waals surface area contributed by atoms with Crippen molar-refractivity contribution in [2.45, 2.75) is 6.42 Å². The van der Waals surface area contributed by atoms with E-state index in [0.717, 1.165) is 0 Å². The molecule has 2 rings (SSSR count). The summed E-state index contributed by atoms with van der Waals surface area (Å²) in [6.07, 6.45) is 0.183. The fourth-order valence-corrected chi connectivity index (χ4v) is 2.72. The van der Waals surface area contributed by atoms with E-state index >= 15 is 0 Å². The molecule has 132 valence electrons. The van der Waals surface area contributed by atoms with Gasteiger partial charge in [0.05, 0.1) is 4.88 Å². The molecular weight excluding hydrogens is 362 g/mol. The first-order valence-electron chi connectivity index (χ1n) is 7.68. The van der Waals surface area contributed by atoms with Gasteiger partial charge < -0.3 is 16.0 Å². The van der Waals surface area contributed by atoms with Gasteiger partial charge in [0.15, 0.2) is 0 Å². The molecule has 3 amide bonds. The SMILES string of the molecule is O=C(CCNC(=O)c1cccs1)NCCNC(=O)c1ccc(Cl)cc1. The van der Waals surface area contributed by atoms with Gasteiger partial charge in [0.25, 0.3) is 11.8 Å². The van der Waals surface area contributed by atoms with Gasteiger partial charge in [-0.25, -0.2) is 0 Å². The van der Waals surface area contributed by atoms with Crippen molar-refractivity contribution in [2.75, 3.05) is 19.6 Å². The average Bonchev–Trinajstić information content (AvgIpc) is 3.14. The lowest BCUT2D eigenvalue weighted by Crippen LogP contribution is -2.36. The lowest BCUT2D eigenvalue weighted by molar-refractivity contribution is -0.120. The molecule has 8 heteroatoms. The third-order valence-corrected chi connectivity index (χ3v) is 4.34. The molecule has 0 aliphatic rings. The predicted octanol–water partition coefficient (Wildman–Crippen LogP) is 2.07. The summed E-state index contributed by atoms with van der Waals surface area (Å²) >= 11 is 7.11. The highest BCUT2D eigenvalue weighted by atomic mass is 35.5. The molecule has 0 spiro atoms. The van der Waals surface area contributed by atoms with E-state index in [1.165, 1.54) is 11.3 Å². The average molecular weight is 380 g/mol. The summed E-state index contributed by atoms with van der Waals surface area (Å²) in [5, 5.41) is 10.5. The maximum absolute atomic E-state index is 11.8. The lowest BCUT2D eigenvalue weighted by Gasteiger charge is -2.08. The highest BCUT2D eigenvalue weighted by Crippen LogP contribution is 2.09. The highest BCUT2D eigenvalue weighted by molar-refractivity contribution is 7.12. The first-order chi connectivity index (χ1) is 12.1. The van der Waals surface area contributed by atoms with E-state index < -0.39 is 0 Å². The minimum atomic E-state index is -0.228. The second-order valence-electron chi connectivity index (χ2n) is 5.10. The van der Waals surface area contributed by atoms with Crippen LogP contribution in [0.15, 0.2) is 41.8 Å². The van der Waals surface area contributed by atoms with Crippen molar-refractivity contribution in [1.82, 2.24) is 16.0 Å². The largest absolute Gasteiger partial charge is 0.354 e. The number of rotatable bonds is 8. The van der Waals surface area contributed by atoms with E-state index in [0.29, 0.717) is 28.6 Å². The topological polar surface area (TPSA) is 87.3 Å². The predicted molar refractivity (Wildman–Crippen MR) is 98.1 cm³/mol. The van der Waals surface area contributed by atoms with E-state index in [1.807, 2.05) is 5.38 Å². The van der Waals surface area contributed by atoms with Crippen LogP contribution in [0.1, 0.15) is 26.5 Å². The van der Waals surface area contributed by atoms with Crippen LogP contribution in [0.2, 0.25) is 5.02 Å². The van der Waals surface area contributed by atoms with Gasteiger partial charge in [-0.05, 0) is 35.7 Å². The molecule has 0 aliphatic heterocycles. The van der Waals surface area contributed by atoms with Crippen molar-refractivity contribution in [3.8, 4) is 0 Å². The zero-order chi connectivity index (χ0) is 18.1. The molecule has 1 aromatic heterocycles. The van der Waals surface area contributed by atoms with Crippen molar-refractivity contribution in [2.24, 2.45) is 0 Å². The molecule has 25 heavy (non-hydrogen) atoms. The Morgan fingerprint density at radius 1 is 0.880 bits per heavy atom. The summed E-state index contributed by atoms with van der Waals surface area (Å²) in [5.74, 6) is -0.598. The maximum atomic E-state index is 11.8. The number of hydrogen-bond donors (Lipinski definition) is 3. The van der Waals surface area contributed by atoms with Gasteiger partial charge in [-0.3, -0.25) is 14.4 Å². The standard InChI is InChI=1S/C17H18ClN3O3S/c18-13-5-3-12(4-6-13)16(23)21-10-9-19-15(22)7-8-20-17(24)14-2-1-11-25-14/h1-6,11H,7-10H2,(H,19,22)(H,20,24)(H,21,23). The molecule has 1 aromatic carbocycles. The lowest BCUT2D eigenvalue weighted by atomic mass is 10.2. The molecule has 0 saturated carbocycles. The molecule has 3 N–H and O–H groups in total. The monoisotopic (exact) mass is 379 g/mol. The quantitative estimate of drug-likeness (QED) is 0.613. The van der Waals surface area contributed by atoms with E-state index in [9.17, 15) is 14.4 Å². The van der Waals surface area contributed by atoms with Gasteiger partial charge in [-0.2, -0.15) is 0 Å². The van der Waals surface area contributed by atoms with E-state index in [2.05, 4.69) is 16.0 Å². The van der Waals surface area contributed by atoms with Gasteiger partial charge in [0, 0.05) is 36.6 Å². The number of halogens is 1. The minimum absolute atomic E-state index is 0.182. The minimum Gasteiger partial charge on any atom is -0.354 e. The molecule has 0 atom stereocenters. The van der Waals surface area contributed by atoms with Crippen LogP contribution in [-0.4, -0.2) is 37.4 Å². The van der Waals surface area contributed by atoms with Gasteiger partial charge in [0.1, 0.15) is 0 Å². The normalized spacial score (nSPS) is 10.1. The molecule has 0 saturated heterocycles. The summed E-state index contributed by atoms with van der Waals surface area (Å²) in [5.41, 5.74) is 0.506. The van der Waals surface area contributed by atoms with Gasteiger partial charge in [-0.15, -0.1) is 11.3 Å². The molecular formula is C17H18ClN3O3S. The van der Waals surface area contributed by atoms with Crippen LogP contribution in [0.3, 0.4) is 0 Å². The van der Waals surface area contributed by atoms with E-state index in [1.54, 1.807) is 36.4 Å². The summed E-state index contributed by atoms with van der Waals surface area (Å²) in [4.78, 5) is 35.8. The number of carbonyl (C=O) groups excluding carboxylic acids is 3. The summed E-state index contributed by atoms with van der Waals surface area (Å²) < 4.78 is 0. The molecule has 0 unspecified atom stereocenters. The Balaban J connectivity index is 1.57. The number of amides is 3. The third-order valence-electron chi connectivity index (χ3n) is 3.22. The number of nitrogens with one attached hydrogen (secondary N) is 3. The van der Waals surface area contributed by atoms with Crippen LogP contribution >= 0.6 is 22.9 Å². The van der Waals surface area contributed by atoms with Crippen LogP contribution in [0, 0.1) is 0 Å². The smallest absolute Gasteiger partial charge is 0.261 e. The van der Waals surface area contributed by atoms with Crippen LogP contribution in [0.25, 0.3) is 0 Å². The molecule has 6 nitrogen and oxygen atoms in total. The van der Waals surface area contributed by atoms with Gasteiger partial charge in [0.2, 0.25) is 5.91 Å². The fraction of sp³-hybridized carbons (Fsp3) is 0.235. The van der Waals surface area contributed by atoms with Crippen LogP contribution in [0.4, 0.5) is 0 Å². The Labute approximate surface area is 154 Å². The number of carbonyl (C=O) groups is 3. The first kappa shape index (κ1) is 19.0. The third kappa shape index (κ3) is 6.56. The van der Waals surface area contributed by atoms with Crippen molar-refractivity contribution < 1.29 is 14.4 Å². The summed E-state index contributed by atoms with van der Waals surface area (Å²) in [6.45, 7) is 0.894. The molecule has 1 heterocycles. The van der Waals surface area contributed by atoms with Crippen molar-refractivity contribution in [3.63, 3.8) is 0 Å². The molecule has 0 bridgehead atoms. The Bertz CT molecular complexity index is 717. The van der Waals surface area contributed by atoms with Crippen molar-refractivity contribution in [3.05, 3.63) is 57.2 Å². The molecule has 2 aromatic rings. The molecule has 0 radical (unpaired) electrons. The molecule has 0 aliphatic carbocycles. The summed E-state index contributed by atoms with van der Waals surface area (Å²) in [7, 11) is 0. The Hall–Kier alpha value is -2.38. The first-order valence-corrected chi connectivity index (χ1v) is 8.94. The van der Waals surface area contributed by atoms with Crippen molar-refractivity contribution >= 4 is 40.7 Å². The summed E-state index contributed by atoms with van der Waals surface area (Å²) in [6, 6.07) is 10.1. The fourth-order valence-electron chi connectivity index (χ4n) is 1.95. The van der Waals surface area contributed by atoms with E-state index in [-0.39, 0.29) is 30.7 Å².